The highest BCUT2D eigenvalue weighted by Crippen LogP contribution is 2.46. The molecule has 138 valence electrons. The van der Waals surface area contributed by atoms with E-state index < -0.39 is 0 Å². The Bertz CT molecular complexity index is 830. The molecule has 5 nitrogen and oxygen atoms in total. The van der Waals surface area contributed by atoms with Gasteiger partial charge in [-0.3, -0.25) is 5.41 Å². The van der Waals surface area contributed by atoms with E-state index in [1.54, 1.807) is 0 Å². The van der Waals surface area contributed by atoms with Gasteiger partial charge >= 0.3 is 0 Å². The molecule has 3 N–H and O–H groups in total. The molecule has 0 amide bonds. The van der Waals surface area contributed by atoms with E-state index in [9.17, 15) is 0 Å². The maximum absolute atomic E-state index is 7.39. The van der Waals surface area contributed by atoms with Crippen LogP contribution in [0.25, 0.3) is 0 Å². The number of benzene rings is 2. The topological polar surface area (TPSA) is 77.6 Å². The third-order valence-electron chi connectivity index (χ3n) is 4.00. The second-order valence-corrected chi connectivity index (χ2v) is 8.48. The molecule has 0 fully saturated rings. The van der Waals surface area contributed by atoms with Crippen LogP contribution in [-0.4, -0.2) is 19.2 Å². The summed E-state index contributed by atoms with van der Waals surface area (Å²) < 4.78 is 18.3. The first-order valence-electron chi connectivity index (χ1n) is 8.44. The summed E-state index contributed by atoms with van der Waals surface area (Å²) in [5.74, 6) is 2.23. The number of hydrogen-bond acceptors (Lipinski definition) is 4. The number of fused-ring (bicyclic) bond motifs is 2. The molecule has 26 heavy (non-hydrogen) atoms. The van der Waals surface area contributed by atoms with Crippen molar-refractivity contribution < 1.29 is 14.2 Å². The quantitative estimate of drug-likeness (QED) is 0.539. The first-order chi connectivity index (χ1) is 12.2. The maximum Gasteiger partial charge on any atom is 0.279 e. The van der Waals surface area contributed by atoms with Crippen LogP contribution in [-0.2, 0) is 4.74 Å². The van der Waals surface area contributed by atoms with E-state index in [-0.39, 0.29) is 24.0 Å². The van der Waals surface area contributed by atoms with Crippen LogP contribution in [0.15, 0.2) is 40.9 Å². The summed E-state index contributed by atoms with van der Waals surface area (Å²) in [6, 6.07) is 11.4. The van der Waals surface area contributed by atoms with Crippen LogP contribution < -0.4 is 15.2 Å². The van der Waals surface area contributed by atoms with E-state index in [1.807, 2.05) is 36.4 Å². The van der Waals surface area contributed by atoms with Crippen LogP contribution >= 0.6 is 15.9 Å². The predicted molar refractivity (Wildman–Crippen MR) is 105 cm³/mol. The van der Waals surface area contributed by atoms with Crippen molar-refractivity contribution in [2.75, 3.05) is 13.2 Å². The predicted octanol–water partition coefficient (Wildman–Crippen LogP) is 5.02. The molecule has 0 aromatic heterocycles. The van der Waals surface area contributed by atoms with Crippen LogP contribution in [0.1, 0.15) is 37.8 Å². The lowest BCUT2D eigenvalue weighted by Gasteiger charge is -2.29. The summed E-state index contributed by atoms with van der Waals surface area (Å²) in [6.45, 7) is 7.27. The normalized spacial score (nSPS) is 15.5. The van der Waals surface area contributed by atoms with Crippen molar-refractivity contribution in [3.8, 4) is 17.2 Å². The second-order valence-electron chi connectivity index (χ2n) is 7.56. The van der Waals surface area contributed by atoms with Gasteiger partial charge in [0.2, 0.25) is 0 Å². The lowest BCUT2D eigenvalue weighted by atomic mass is 9.88. The minimum atomic E-state index is -0.297. The van der Waals surface area contributed by atoms with Gasteiger partial charge in [0.05, 0.1) is 12.5 Å². The zero-order chi connectivity index (χ0) is 18.9. The zero-order valence-electron chi connectivity index (χ0n) is 15.1. The molecule has 0 bridgehead atoms. The highest BCUT2D eigenvalue weighted by atomic mass is 79.9. The molecule has 1 heterocycles. The minimum absolute atomic E-state index is 0.0704. The number of rotatable bonds is 4. The number of nitrogens with two attached hydrogens (primary N) is 1. The Morgan fingerprint density at radius 2 is 1.81 bits per heavy atom. The van der Waals surface area contributed by atoms with Crippen molar-refractivity contribution in [1.29, 1.82) is 5.41 Å². The fourth-order valence-corrected chi connectivity index (χ4v) is 3.18. The molecule has 0 spiro atoms. The van der Waals surface area contributed by atoms with Gasteiger partial charge in [-0.2, -0.15) is 0 Å². The van der Waals surface area contributed by atoms with Gasteiger partial charge in [-0.25, -0.2) is 0 Å². The number of hydrogen-bond donors (Lipinski definition) is 2. The average molecular weight is 419 g/mol. The summed E-state index contributed by atoms with van der Waals surface area (Å²) in [5.41, 5.74) is 7.42. The average Bonchev–Trinajstić information content (AvgIpc) is 2.56. The van der Waals surface area contributed by atoms with Crippen molar-refractivity contribution in [2.24, 2.45) is 11.1 Å². The van der Waals surface area contributed by atoms with Crippen molar-refractivity contribution in [1.82, 2.24) is 0 Å². The molecule has 0 radical (unpaired) electrons. The van der Waals surface area contributed by atoms with E-state index in [2.05, 4.69) is 36.7 Å². The van der Waals surface area contributed by atoms with Gasteiger partial charge in [-0.05, 0) is 41.8 Å². The van der Waals surface area contributed by atoms with Gasteiger partial charge in [0.15, 0.2) is 0 Å². The van der Waals surface area contributed by atoms with Gasteiger partial charge in [0.25, 0.3) is 6.02 Å². The van der Waals surface area contributed by atoms with E-state index in [1.165, 1.54) is 0 Å². The SMILES string of the molecule is CC(C)(C)COc1ccc2c(c1)[C@H](COC(=N)N)c1cc(Br)ccc1O2. The monoisotopic (exact) mass is 418 g/mol. The summed E-state index contributed by atoms with van der Waals surface area (Å²) in [4.78, 5) is 0. The van der Waals surface area contributed by atoms with E-state index >= 15 is 0 Å². The molecule has 0 saturated heterocycles. The Morgan fingerprint density at radius 1 is 1.15 bits per heavy atom. The molecule has 6 heteroatoms. The van der Waals surface area contributed by atoms with Gasteiger partial charge in [-0.1, -0.05) is 36.7 Å². The molecule has 0 unspecified atom stereocenters. The Labute approximate surface area is 162 Å². The fourth-order valence-electron chi connectivity index (χ4n) is 2.80. The van der Waals surface area contributed by atoms with Crippen LogP contribution in [0.5, 0.6) is 17.2 Å². The molecule has 2 aromatic rings. The van der Waals surface area contributed by atoms with E-state index in [0.29, 0.717) is 6.61 Å². The van der Waals surface area contributed by atoms with Gasteiger partial charge in [0.1, 0.15) is 23.9 Å². The largest absolute Gasteiger partial charge is 0.493 e. The maximum atomic E-state index is 7.39. The lowest BCUT2D eigenvalue weighted by molar-refractivity contribution is 0.197. The first-order valence-corrected chi connectivity index (χ1v) is 9.23. The zero-order valence-corrected chi connectivity index (χ0v) is 16.7. The summed E-state index contributed by atoms with van der Waals surface area (Å²) in [7, 11) is 0. The van der Waals surface area contributed by atoms with E-state index in [0.717, 1.165) is 32.8 Å². The molecule has 0 saturated carbocycles. The van der Waals surface area contributed by atoms with Crippen molar-refractivity contribution in [3.63, 3.8) is 0 Å². The smallest absolute Gasteiger partial charge is 0.279 e. The number of ether oxygens (including phenoxy) is 3. The molecular weight excluding hydrogens is 396 g/mol. The number of nitrogens with one attached hydrogen (secondary N) is 1. The highest BCUT2D eigenvalue weighted by molar-refractivity contribution is 9.10. The fraction of sp³-hybridized carbons (Fsp3) is 0.350. The Kier molecular flexibility index (Phi) is 5.14. The highest BCUT2D eigenvalue weighted by Gasteiger charge is 2.29. The third kappa shape index (κ3) is 4.30. The lowest BCUT2D eigenvalue weighted by Crippen LogP contribution is -2.22. The van der Waals surface area contributed by atoms with Crippen LogP contribution in [0.3, 0.4) is 0 Å². The summed E-state index contributed by atoms with van der Waals surface area (Å²) in [6.07, 6.45) is 0. The second kappa shape index (κ2) is 7.19. The van der Waals surface area contributed by atoms with Gasteiger partial charge < -0.3 is 19.9 Å². The Hall–Kier alpha value is -2.21. The molecule has 2 aromatic carbocycles. The van der Waals surface area contributed by atoms with E-state index in [4.69, 9.17) is 25.4 Å². The molecule has 1 aliphatic rings. The Morgan fingerprint density at radius 3 is 2.46 bits per heavy atom. The molecule has 1 atom stereocenters. The van der Waals surface area contributed by atoms with Crippen molar-refractivity contribution in [2.45, 2.75) is 26.7 Å². The standard InChI is InChI=1S/C20H23BrN2O3/c1-20(2,3)11-25-13-5-7-18-15(9-13)16(10-24-19(22)23)14-8-12(21)4-6-17(14)26-18/h4-9,16H,10-11H2,1-3H3,(H3,22,23)/t16-/m1/s1. The first kappa shape index (κ1) is 18.6. The summed E-state index contributed by atoms with van der Waals surface area (Å²) in [5, 5.41) is 7.39. The van der Waals surface area contributed by atoms with Crippen molar-refractivity contribution in [3.05, 3.63) is 52.0 Å². The molecule has 1 aliphatic heterocycles. The number of halogens is 1. The summed E-state index contributed by atoms with van der Waals surface area (Å²) >= 11 is 3.51. The van der Waals surface area contributed by atoms with Gasteiger partial charge in [0, 0.05) is 15.6 Å². The molecule has 0 aliphatic carbocycles. The van der Waals surface area contributed by atoms with Gasteiger partial charge in [-0.15, -0.1) is 0 Å². The minimum Gasteiger partial charge on any atom is -0.493 e. The third-order valence-corrected chi connectivity index (χ3v) is 4.49. The van der Waals surface area contributed by atoms with Crippen LogP contribution in [0.4, 0.5) is 0 Å². The van der Waals surface area contributed by atoms with Crippen LogP contribution in [0.2, 0.25) is 0 Å². The Balaban J connectivity index is 1.96. The van der Waals surface area contributed by atoms with Crippen molar-refractivity contribution >= 4 is 22.0 Å². The molecular formula is C20H23BrN2O3. The molecule has 3 rings (SSSR count). The number of amidine groups is 1. The van der Waals surface area contributed by atoms with Crippen LogP contribution in [0, 0.1) is 10.8 Å².